The summed E-state index contributed by atoms with van der Waals surface area (Å²) in [5.41, 5.74) is 1.27. The molecular weight excluding hydrogens is 300 g/mol. The van der Waals surface area contributed by atoms with E-state index in [0.29, 0.717) is 18.8 Å². The Labute approximate surface area is 143 Å². The van der Waals surface area contributed by atoms with Crippen molar-refractivity contribution in [2.45, 2.75) is 52.0 Å². The summed E-state index contributed by atoms with van der Waals surface area (Å²) in [7, 11) is 0. The second kappa shape index (κ2) is 9.51. The zero-order chi connectivity index (χ0) is 17.2. The van der Waals surface area contributed by atoms with Gasteiger partial charge in [-0.25, -0.2) is 9.98 Å². The third kappa shape index (κ3) is 5.24. The molecule has 0 spiro atoms. The first kappa shape index (κ1) is 17.7. The van der Waals surface area contributed by atoms with Crippen molar-refractivity contribution in [3.05, 3.63) is 47.9 Å². The van der Waals surface area contributed by atoms with Crippen LogP contribution in [0.5, 0.6) is 0 Å². The van der Waals surface area contributed by atoms with Gasteiger partial charge >= 0.3 is 0 Å². The zero-order valence-electron chi connectivity index (χ0n) is 14.1. The summed E-state index contributed by atoms with van der Waals surface area (Å²) in [5, 5.41) is 21.3. The van der Waals surface area contributed by atoms with Crippen molar-refractivity contribution in [3.8, 4) is 6.07 Å². The number of aromatic nitrogens is 2. The molecule has 0 saturated heterocycles. The molecule has 0 amide bonds. The Hall–Kier alpha value is -2.61. The van der Waals surface area contributed by atoms with E-state index in [1.807, 2.05) is 36.4 Å². The van der Waals surface area contributed by atoms with Crippen molar-refractivity contribution in [1.29, 1.82) is 5.26 Å². The monoisotopic (exact) mass is 323 g/mol. The van der Waals surface area contributed by atoms with Crippen LogP contribution in [0.15, 0.2) is 41.7 Å². The van der Waals surface area contributed by atoms with Crippen molar-refractivity contribution in [3.63, 3.8) is 0 Å². The van der Waals surface area contributed by atoms with Crippen molar-refractivity contribution < 1.29 is 5.11 Å². The Morgan fingerprint density at radius 3 is 2.67 bits per heavy atom. The third-order valence-electron chi connectivity index (χ3n) is 3.84. The van der Waals surface area contributed by atoms with E-state index in [2.05, 4.69) is 16.9 Å². The maximum absolute atomic E-state index is 12.1. The average molecular weight is 323 g/mol. The number of aliphatic imine (C=N–C) groups is 1. The van der Waals surface area contributed by atoms with Gasteiger partial charge in [-0.2, -0.15) is 5.26 Å². The fraction of sp³-hybridized carbons (Fsp3) is 0.421. The van der Waals surface area contributed by atoms with Crippen LogP contribution in [-0.2, 0) is 6.54 Å². The molecular formula is C19H23N4O-. The topological polar surface area (TPSA) is 77.0 Å². The van der Waals surface area contributed by atoms with E-state index < -0.39 is 0 Å². The van der Waals surface area contributed by atoms with Crippen LogP contribution in [0.25, 0.3) is 0 Å². The molecule has 0 atom stereocenters. The molecule has 0 aliphatic rings. The number of rotatable bonds is 9. The van der Waals surface area contributed by atoms with E-state index in [9.17, 15) is 10.4 Å². The molecule has 0 radical (unpaired) electrons. The van der Waals surface area contributed by atoms with Gasteiger partial charge in [-0.3, -0.25) is 0 Å². The van der Waals surface area contributed by atoms with Gasteiger partial charge in [0.2, 0.25) is 0 Å². The van der Waals surface area contributed by atoms with Crippen LogP contribution in [0.3, 0.4) is 0 Å². The quantitative estimate of drug-likeness (QED) is 0.402. The van der Waals surface area contributed by atoms with Crippen LogP contribution in [0.4, 0.5) is 5.82 Å². The molecule has 0 aliphatic carbocycles. The van der Waals surface area contributed by atoms with E-state index in [0.717, 1.165) is 24.8 Å². The SMILES string of the molecule is CCCCCCC/C([O-])=N\c1c(C#N)ncn1Cc1ccccc1. The van der Waals surface area contributed by atoms with Gasteiger partial charge in [-0.05, 0) is 24.3 Å². The fourth-order valence-corrected chi connectivity index (χ4v) is 2.52. The lowest BCUT2D eigenvalue weighted by molar-refractivity contribution is -0.218. The van der Waals surface area contributed by atoms with Crippen LogP contribution in [0, 0.1) is 11.3 Å². The predicted octanol–water partition coefficient (Wildman–Crippen LogP) is 3.55. The summed E-state index contributed by atoms with van der Waals surface area (Å²) in [6.07, 6.45) is 7.42. The van der Waals surface area contributed by atoms with Crippen molar-refractivity contribution in [2.75, 3.05) is 0 Å². The first-order valence-corrected chi connectivity index (χ1v) is 8.48. The van der Waals surface area contributed by atoms with Crippen LogP contribution >= 0.6 is 0 Å². The minimum absolute atomic E-state index is 0.183. The van der Waals surface area contributed by atoms with Crippen LogP contribution in [0.2, 0.25) is 0 Å². The number of nitrogens with zero attached hydrogens (tertiary/aromatic N) is 4. The van der Waals surface area contributed by atoms with Crippen LogP contribution in [-0.4, -0.2) is 15.4 Å². The van der Waals surface area contributed by atoms with Crippen LogP contribution < -0.4 is 5.11 Å². The predicted molar refractivity (Wildman–Crippen MR) is 93.0 cm³/mol. The van der Waals surface area contributed by atoms with Gasteiger partial charge in [0.25, 0.3) is 0 Å². The van der Waals surface area contributed by atoms with Gasteiger partial charge in [-0.1, -0.05) is 62.9 Å². The minimum Gasteiger partial charge on any atom is -0.862 e. The molecule has 0 N–H and O–H groups in total. The first-order chi connectivity index (χ1) is 11.7. The summed E-state index contributed by atoms with van der Waals surface area (Å²) in [5.74, 6) is 0.178. The molecule has 0 saturated carbocycles. The Kier molecular flexibility index (Phi) is 7.03. The molecule has 0 bridgehead atoms. The zero-order valence-corrected chi connectivity index (χ0v) is 14.1. The summed E-state index contributed by atoms with van der Waals surface area (Å²) in [6, 6.07) is 11.9. The minimum atomic E-state index is -0.183. The highest BCUT2D eigenvalue weighted by molar-refractivity contribution is 5.75. The van der Waals surface area contributed by atoms with Crippen molar-refractivity contribution >= 4 is 11.7 Å². The van der Waals surface area contributed by atoms with E-state index in [4.69, 9.17) is 0 Å². The molecule has 0 aliphatic heterocycles. The molecule has 0 unspecified atom stereocenters. The Morgan fingerprint density at radius 2 is 1.96 bits per heavy atom. The molecule has 5 heteroatoms. The van der Waals surface area contributed by atoms with E-state index in [1.165, 1.54) is 12.8 Å². The second-order valence-corrected chi connectivity index (χ2v) is 5.81. The summed E-state index contributed by atoms with van der Waals surface area (Å²) in [6.45, 7) is 2.70. The molecule has 5 nitrogen and oxygen atoms in total. The van der Waals surface area contributed by atoms with Gasteiger partial charge in [-0.15, -0.1) is 0 Å². The van der Waals surface area contributed by atoms with Gasteiger partial charge in [0.1, 0.15) is 6.07 Å². The molecule has 2 aromatic rings. The first-order valence-electron chi connectivity index (χ1n) is 8.48. The number of imidazole rings is 1. The number of hydrogen-bond acceptors (Lipinski definition) is 4. The van der Waals surface area contributed by atoms with Gasteiger partial charge in [0.05, 0.1) is 12.9 Å². The highest BCUT2D eigenvalue weighted by Gasteiger charge is 2.09. The van der Waals surface area contributed by atoms with Crippen molar-refractivity contribution in [1.82, 2.24) is 9.55 Å². The summed E-state index contributed by atoms with van der Waals surface area (Å²) in [4.78, 5) is 8.20. The largest absolute Gasteiger partial charge is 0.862 e. The molecule has 126 valence electrons. The van der Waals surface area contributed by atoms with Gasteiger partial charge in [0.15, 0.2) is 11.5 Å². The lowest BCUT2D eigenvalue weighted by atomic mass is 10.1. The molecule has 1 heterocycles. The number of unbranched alkanes of at least 4 members (excludes halogenated alkanes) is 4. The third-order valence-corrected chi connectivity index (χ3v) is 3.84. The Balaban J connectivity index is 2.06. The fourth-order valence-electron chi connectivity index (χ4n) is 2.52. The number of hydrogen-bond donors (Lipinski definition) is 0. The van der Waals surface area contributed by atoms with Crippen molar-refractivity contribution in [2.24, 2.45) is 4.99 Å². The highest BCUT2D eigenvalue weighted by atomic mass is 16.3. The maximum Gasteiger partial charge on any atom is 0.185 e. The second-order valence-electron chi connectivity index (χ2n) is 5.81. The molecule has 1 aromatic heterocycles. The average Bonchev–Trinajstić information content (AvgIpc) is 2.97. The molecule has 0 fully saturated rings. The highest BCUT2D eigenvalue weighted by Crippen LogP contribution is 2.20. The lowest BCUT2D eigenvalue weighted by Crippen LogP contribution is -2.17. The summed E-state index contributed by atoms with van der Waals surface area (Å²) < 4.78 is 1.75. The van der Waals surface area contributed by atoms with E-state index in [1.54, 1.807) is 10.9 Å². The normalized spacial score (nSPS) is 11.4. The number of benzene rings is 1. The van der Waals surface area contributed by atoms with Crippen LogP contribution in [0.1, 0.15) is 56.7 Å². The maximum atomic E-state index is 12.1. The van der Waals surface area contributed by atoms with E-state index >= 15 is 0 Å². The molecule has 2 rings (SSSR count). The standard InChI is InChI=1S/C19H24N4O/c1-2-3-4-5-9-12-18(24)22-19-17(13-20)21-15-23(19)14-16-10-7-6-8-11-16/h6-8,10-11,15H,2-5,9,12,14H2,1H3,(H,22,24)/p-1. The molecule has 24 heavy (non-hydrogen) atoms. The lowest BCUT2D eigenvalue weighted by Gasteiger charge is -2.12. The smallest absolute Gasteiger partial charge is 0.185 e. The van der Waals surface area contributed by atoms with Gasteiger partial charge in [0, 0.05) is 0 Å². The molecule has 1 aromatic carbocycles. The van der Waals surface area contributed by atoms with E-state index in [-0.39, 0.29) is 11.6 Å². The number of nitriles is 1. The van der Waals surface area contributed by atoms with Gasteiger partial charge < -0.3 is 9.67 Å². The Morgan fingerprint density at radius 1 is 1.21 bits per heavy atom. The summed E-state index contributed by atoms with van der Waals surface area (Å²) >= 11 is 0. The Bertz CT molecular complexity index is 698.